The zero-order chi connectivity index (χ0) is 10.8. The van der Waals surface area contributed by atoms with Crippen LogP contribution in [0.4, 0.5) is 0 Å². The van der Waals surface area contributed by atoms with E-state index in [2.05, 4.69) is 29.9 Å². The highest BCUT2D eigenvalue weighted by atomic mass is 14.9. The van der Waals surface area contributed by atoms with Crippen LogP contribution in [0.3, 0.4) is 0 Å². The summed E-state index contributed by atoms with van der Waals surface area (Å²) in [6, 6.07) is 2.06. The van der Waals surface area contributed by atoms with E-state index < -0.39 is 0 Å². The normalized spacial score (nSPS) is 17.8. The van der Waals surface area contributed by atoms with Gasteiger partial charge in [0.15, 0.2) is 0 Å². The first-order valence-electron chi connectivity index (χ1n) is 5.82. The molecule has 0 aromatic carbocycles. The molecule has 1 aliphatic carbocycles. The van der Waals surface area contributed by atoms with Gasteiger partial charge in [0.2, 0.25) is 0 Å². The largest absolute Gasteiger partial charge is 0.325 e. The Bertz CT molecular complexity index is 345. The standard InChI is InChI=1S/C12H19N3/c1-3-8(2)11-6-10(7-13)14-12(15-11)9-4-5-9/h6,8-9H,3-5,7,13H2,1-2H3. The van der Waals surface area contributed by atoms with Crippen LogP contribution in [-0.4, -0.2) is 9.97 Å². The Morgan fingerprint density at radius 1 is 1.47 bits per heavy atom. The fourth-order valence-corrected chi connectivity index (χ4v) is 1.63. The van der Waals surface area contributed by atoms with Crippen LogP contribution >= 0.6 is 0 Å². The van der Waals surface area contributed by atoms with Gasteiger partial charge in [0.25, 0.3) is 0 Å². The van der Waals surface area contributed by atoms with E-state index in [-0.39, 0.29) is 0 Å². The SMILES string of the molecule is CCC(C)c1cc(CN)nc(C2CC2)n1. The average molecular weight is 205 g/mol. The zero-order valence-electron chi connectivity index (χ0n) is 9.53. The summed E-state index contributed by atoms with van der Waals surface area (Å²) in [7, 11) is 0. The molecule has 2 N–H and O–H groups in total. The fourth-order valence-electron chi connectivity index (χ4n) is 1.63. The number of nitrogens with zero attached hydrogens (tertiary/aromatic N) is 2. The van der Waals surface area contributed by atoms with Gasteiger partial charge in [0.1, 0.15) is 5.82 Å². The molecule has 0 bridgehead atoms. The van der Waals surface area contributed by atoms with E-state index in [0.29, 0.717) is 18.4 Å². The molecular formula is C12H19N3. The van der Waals surface area contributed by atoms with E-state index >= 15 is 0 Å². The third-order valence-corrected chi connectivity index (χ3v) is 3.09. The molecule has 1 saturated carbocycles. The van der Waals surface area contributed by atoms with Crippen molar-refractivity contribution in [1.82, 2.24) is 9.97 Å². The summed E-state index contributed by atoms with van der Waals surface area (Å²) in [6.45, 7) is 4.91. The Labute approximate surface area is 91.1 Å². The highest BCUT2D eigenvalue weighted by molar-refractivity contribution is 5.18. The summed E-state index contributed by atoms with van der Waals surface area (Å²) in [6.07, 6.45) is 3.60. The Hall–Kier alpha value is -0.960. The summed E-state index contributed by atoms with van der Waals surface area (Å²) in [5.74, 6) is 2.14. The van der Waals surface area contributed by atoms with Crippen LogP contribution in [0.1, 0.15) is 62.2 Å². The quantitative estimate of drug-likeness (QED) is 0.820. The van der Waals surface area contributed by atoms with E-state index in [4.69, 9.17) is 5.73 Å². The van der Waals surface area contributed by atoms with Gasteiger partial charge in [-0.2, -0.15) is 0 Å². The maximum atomic E-state index is 5.66. The second-order valence-corrected chi connectivity index (χ2v) is 4.43. The van der Waals surface area contributed by atoms with Crippen LogP contribution in [0.5, 0.6) is 0 Å². The smallest absolute Gasteiger partial charge is 0.132 e. The lowest BCUT2D eigenvalue weighted by atomic mass is 10.0. The van der Waals surface area contributed by atoms with Gasteiger partial charge in [-0.1, -0.05) is 13.8 Å². The number of hydrogen-bond acceptors (Lipinski definition) is 3. The molecule has 3 heteroatoms. The third-order valence-electron chi connectivity index (χ3n) is 3.09. The summed E-state index contributed by atoms with van der Waals surface area (Å²) in [4.78, 5) is 9.14. The molecule has 1 fully saturated rings. The maximum absolute atomic E-state index is 5.66. The van der Waals surface area contributed by atoms with Crippen LogP contribution in [0.25, 0.3) is 0 Å². The van der Waals surface area contributed by atoms with Gasteiger partial charge in [-0.15, -0.1) is 0 Å². The second kappa shape index (κ2) is 4.27. The molecule has 0 saturated heterocycles. The third kappa shape index (κ3) is 2.34. The Kier molecular flexibility index (Phi) is 3.00. The first-order chi connectivity index (χ1) is 7.24. The lowest BCUT2D eigenvalue weighted by Crippen LogP contribution is -2.08. The molecule has 1 aliphatic rings. The molecule has 0 spiro atoms. The predicted molar refractivity (Wildman–Crippen MR) is 60.6 cm³/mol. The summed E-state index contributed by atoms with van der Waals surface area (Å²) >= 11 is 0. The van der Waals surface area contributed by atoms with Gasteiger partial charge in [-0.3, -0.25) is 0 Å². The number of aromatic nitrogens is 2. The van der Waals surface area contributed by atoms with Crippen LogP contribution in [0.2, 0.25) is 0 Å². The monoisotopic (exact) mass is 205 g/mol. The summed E-state index contributed by atoms with van der Waals surface area (Å²) in [5.41, 5.74) is 7.81. The average Bonchev–Trinajstić information content (AvgIpc) is 3.11. The molecule has 0 radical (unpaired) electrons. The molecular weight excluding hydrogens is 186 g/mol. The van der Waals surface area contributed by atoms with Gasteiger partial charge < -0.3 is 5.73 Å². The van der Waals surface area contributed by atoms with Gasteiger partial charge in [0, 0.05) is 18.2 Å². The van der Waals surface area contributed by atoms with Crippen molar-refractivity contribution in [2.75, 3.05) is 0 Å². The lowest BCUT2D eigenvalue weighted by Gasteiger charge is -2.11. The topological polar surface area (TPSA) is 51.8 Å². The van der Waals surface area contributed by atoms with Gasteiger partial charge >= 0.3 is 0 Å². The zero-order valence-corrected chi connectivity index (χ0v) is 9.53. The molecule has 1 unspecified atom stereocenters. The van der Waals surface area contributed by atoms with Crippen LogP contribution in [0, 0.1) is 0 Å². The molecule has 1 heterocycles. The molecule has 3 nitrogen and oxygen atoms in total. The van der Waals surface area contributed by atoms with E-state index in [0.717, 1.165) is 23.6 Å². The molecule has 1 aromatic rings. The first-order valence-corrected chi connectivity index (χ1v) is 5.82. The molecule has 0 amide bonds. The summed E-state index contributed by atoms with van der Waals surface area (Å²) < 4.78 is 0. The minimum atomic E-state index is 0.510. The minimum Gasteiger partial charge on any atom is -0.325 e. The van der Waals surface area contributed by atoms with Gasteiger partial charge in [-0.05, 0) is 31.2 Å². The van der Waals surface area contributed by atoms with Crippen molar-refractivity contribution in [3.05, 3.63) is 23.3 Å². The highest BCUT2D eigenvalue weighted by Gasteiger charge is 2.27. The fraction of sp³-hybridized carbons (Fsp3) is 0.667. The second-order valence-electron chi connectivity index (χ2n) is 4.43. The van der Waals surface area contributed by atoms with E-state index in [1.165, 1.54) is 12.8 Å². The molecule has 15 heavy (non-hydrogen) atoms. The molecule has 1 atom stereocenters. The number of hydrogen-bond donors (Lipinski definition) is 1. The first kappa shape index (κ1) is 10.6. The van der Waals surface area contributed by atoms with Crippen molar-refractivity contribution < 1.29 is 0 Å². The van der Waals surface area contributed by atoms with Crippen molar-refractivity contribution in [3.63, 3.8) is 0 Å². The van der Waals surface area contributed by atoms with Crippen molar-refractivity contribution in [2.24, 2.45) is 5.73 Å². The highest BCUT2D eigenvalue weighted by Crippen LogP contribution is 2.38. The van der Waals surface area contributed by atoms with Crippen molar-refractivity contribution in [1.29, 1.82) is 0 Å². The van der Waals surface area contributed by atoms with Crippen LogP contribution < -0.4 is 5.73 Å². The lowest BCUT2D eigenvalue weighted by molar-refractivity contribution is 0.686. The van der Waals surface area contributed by atoms with Gasteiger partial charge in [-0.25, -0.2) is 9.97 Å². The Balaban J connectivity index is 2.32. The number of rotatable bonds is 4. The molecule has 1 aromatic heterocycles. The van der Waals surface area contributed by atoms with Gasteiger partial charge in [0.05, 0.1) is 5.69 Å². The Morgan fingerprint density at radius 3 is 2.73 bits per heavy atom. The predicted octanol–water partition coefficient (Wildman–Crippen LogP) is 2.33. The van der Waals surface area contributed by atoms with Crippen molar-refractivity contribution >= 4 is 0 Å². The molecule has 82 valence electrons. The molecule has 0 aliphatic heterocycles. The van der Waals surface area contributed by atoms with Crippen LogP contribution in [-0.2, 0) is 6.54 Å². The number of nitrogens with two attached hydrogens (primary N) is 1. The van der Waals surface area contributed by atoms with Crippen molar-refractivity contribution in [3.8, 4) is 0 Å². The van der Waals surface area contributed by atoms with E-state index in [1.807, 2.05) is 0 Å². The van der Waals surface area contributed by atoms with Crippen LogP contribution in [0.15, 0.2) is 6.07 Å². The van der Waals surface area contributed by atoms with Crippen molar-refractivity contribution in [2.45, 2.75) is 51.5 Å². The van der Waals surface area contributed by atoms with E-state index in [1.54, 1.807) is 0 Å². The summed E-state index contributed by atoms with van der Waals surface area (Å²) in [5, 5.41) is 0. The maximum Gasteiger partial charge on any atom is 0.132 e. The van der Waals surface area contributed by atoms with E-state index in [9.17, 15) is 0 Å². The molecule has 2 rings (SSSR count). The minimum absolute atomic E-state index is 0.510. The Morgan fingerprint density at radius 2 is 2.20 bits per heavy atom.